The lowest BCUT2D eigenvalue weighted by molar-refractivity contribution is -0.494. The van der Waals surface area contributed by atoms with Gasteiger partial charge in [0.15, 0.2) is 52.4 Å². The molecule has 0 aliphatic carbocycles. The fourth-order valence-corrected chi connectivity index (χ4v) is 16.3. The van der Waals surface area contributed by atoms with E-state index in [0.29, 0.717) is 0 Å². The highest BCUT2D eigenvalue weighted by Crippen LogP contribution is 2.61. The summed E-state index contributed by atoms with van der Waals surface area (Å²) in [5.74, 6) is -45.3. The van der Waals surface area contributed by atoms with Gasteiger partial charge in [0, 0.05) is 20.6 Å². The smallest absolute Gasteiger partial charge is 0.220 e. The summed E-state index contributed by atoms with van der Waals surface area (Å²) in [5, 5.41) is -4.63. The van der Waals surface area contributed by atoms with Gasteiger partial charge in [-0.3, -0.25) is 8.68 Å². The van der Waals surface area contributed by atoms with Crippen molar-refractivity contribution in [3.8, 4) is 0 Å². The number of imidazole rings is 1. The molecule has 4 aromatic rings. The maximum atomic E-state index is 16.8. The average molecular weight is 868 g/mol. The molecule has 0 spiro atoms. The van der Waals surface area contributed by atoms with Gasteiger partial charge in [-0.15, -0.1) is 16.4 Å². The summed E-state index contributed by atoms with van der Waals surface area (Å²) in [6.07, 6.45) is -3.97. The van der Waals surface area contributed by atoms with Crippen molar-refractivity contribution < 1.29 is 70.2 Å². The summed E-state index contributed by atoms with van der Waals surface area (Å²) in [6.45, 7) is 18.6. The van der Waals surface area contributed by atoms with Crippen molar-refractivity contribution in [2.24, 2.45) is 0 Å². The highest BCUT2D eigenvalue weighted by atomic mass is 31.1. The van der Waals surface area contributed by atoms with E-state index in [1.54, 1.807) is 83.1 Å². The minimum atomic E-state index is -6.06. The topological polar surface area (TPSA) is 8.81 Å². The van der Waals surface area contributed by atoms with Crippen molar-refractivity contribution in [1.82, 2.24) is 4.34 Å². The van der Waals surface area contributed by atoms with Crippen LogP contribution in [0.2, 0.25) is 0 Å². The van der Waals surface area contributed by atoms with E-state index in [9.17, 15) is 13.2 Å². The van der Waals surface area contributed by atoms with E-state index in [0.717, 1.165) is 21.1 Å². The van der Waals surface area contributed by atoms with Crippen LogP contribution in [0.3, 0.4) is 0 Å². The Morgan fingerprint density at radius 1 is 0.386 bits per heavy atom. The number of nitrogens with zero attached hydrogens (tertiary/aromatic N) is 2. The predicted molar refractivity (Wildman–Crippen MR) is 191 cm³/mol. The normalized spacial score (nSPS) is 13.5. The lowest BCUT2D eigenvalue weighted by Gasteiger charge is -2.47. The number of benzene rings is 3. The van der Waals surface area contributed by atoms with Gasteiger partial charge >= 0.3 is 0 Å². The molecular formula is C37H38BF15N2P2. The van der Waals surface area contributed by atoms with Gasteiger partial charge in [0.05, 0.1) is 5.72 Å². The molecule has 1 aromatic heterocycles. The van der Waals surface area contributed by atoms with Crippen molar-refractivity contribution in [2.75, 3.05) is 0 Å². The molecule has 0 radical (unpaired) electrons. The van der Waals surface area contributed by atoms with Gasteiger partial charge in [0.2, 0.25) is 6.15 Å². The molecule has 0 N–H and O–H groups in total. The van der Waals surface area contributed by atoms with Gasteiger partial charge in [-0.25, -0.2) is 65.9 Å². The highest BCUT2D eigenvalue weighted by molar-refractivity contribution is 7.60. The van der Waals surface area contributed by atoms with Gasteiger partial charge < -0.3 is 0 Å². The lowest BCUT2D eigenvalue weighted by atomic mass is 9.14. The standard InChI is InChI=1S/C37H38BF15N2P2/c1-34(2,3)56(35(4,5)6)54-13-14-55(57(36(7,8)9)37(10,11)12)33(54)38(15-18(39)24(45)30(51)25(46)19(15)40,16-20(41)26(47)31(52)27(48)21(16)42)17-22(43)28(49)32(53)29(50)23(17)44/h13-14H,1-12H3. The van der Waals surface area contributed by atoms with Crippen molar-refractivity contribution in [3.63, 3.8) is 0 Å². The second kappa shape index (κ2) is 14.8. The summed E-state index contributed by atoms with van der Waals surface area (Å²) in [5.41, 5.74) is -9.25. The van der Waals surface area contributed by atoms with Crippen molar-refractivity contribution in [1.29, 1.82) is 0 Å². The van der Waals surface area contributed by atoms with Crippen molar-refractivity contribution >= 4 is 44.4 Å². The maximum Gasteiger partial charge on any atom is 0.220 e. The zero-order valence-corrected chi connectivity index (χ0v) is 34.5. The van der Waals surface area contributed by atoms with Crippen LogP contribution in [-0.2, 0) is 0 Å². The number of hydrogen-bond acceptors (Lipinski definition) is 0. The van der Waals surface area contributed by atoms with Gasteiger partial charge in [0.1, 0.15) is 63.4 Å². The molecule has 0 bridgehead atoms. The van der Waals surface area contributed by atoms with Crippen LogP contribution in [0.25, 0.3) is 0 Å². The zero-order valence-electron chi connectivity index (χ0n) is 32.7. The molecule has 4 rings (SSSR count). The molecule has 0 saturated heterocycles. The highest BCUT2D eigenvalue weighted by Gasteiger charge is 2.58. The number of hydrogen-bond donors (Lipinski definition) is 0. The van der Waals surface area contributed by atoms with Crippen molar-refractivity contribution in [3.05, 3.63) is 99.7 Å². The lowest BCUT2D eigenvalue weighted by Crippen LogP contribution is -2.85. The summed E-state index contributed by atoms with van der Waals surface area (Å²) >= 11 is 0. The molecule has 314 valence electrons. The maximum absolute atomic E-state index is 16.8. The second-order valence-corrected chi connectivity index (χ2v) is 24.9. The summed E-state index contributed by atoms with van der Waals surface area (Å²) in [7, 11) is -4.58. The van der Waals surface area contributed by atoms with E-state index in [2.05, 4.69) is 0 Å². The Kier molecular flexibility index (Phi) is 12.0. The fraction of sp³-hybridized carbons (Fsp3) is 0.432. The van der Waals surface area contributed by atoms with E-state index in [1.807, 2.05) is 0 Å². The molecule has 0 aliphatic heterocycles. The van der Waals surface area contributed by atoms with E-state index in [-0.39, 0.29) is 0 Å². The third kappa shape index (κ3) is 7.16. The predicted octanol–water partition coefficient (Wildman–Crippen LogP) is 9.92. The number of aromatic nitrogens is 2. The quantitative estimate of drug-likeness (QED) is 0.0601. The number of halogens is 15. The van der Waals surface area contributed by atoms with Gasteiger partial charge in [-0.1, -0.05) is 83.1 Å². The van der Waals surface area contributed by atoms with Gasteiger partial charge in [0.25, 0.3) is 0 Å². The Balaban J connectivity index is 2.81. The van der Waals surface area contributed by atoms with Gasteiger partial charge in [-0.05, 0) is 0 Å². The van der Waals surface area contributed by atoms with Crippen molar-refractivity contribution in [2.45, 2.75) is 104 Å². The van der Waals surface area contributed by atoms with Crippen LogP contribution >= 0.6 is 16.1 Å². The minimum absolute atomic E-state index is 0.913. The Labute approximate surface area is 322 Å². The SMILES string of the molecule is CC(C)(C)P(n1cc[n+](P(C(C)(C)C)C(C)(C)C)c1[B-](c1c(F)c(F)c(F)c(F)c1F)(c1c(F)c(F)c(F)c(F)c1F)c1c(F)c(F)c(F)c(F)c1F)C(C)(C)C. The fourth-order valence-electron chi connectivity index (χ4n) is 8.25. The second-order valence-electron chi connectivity index (χ2n) is 17.5. The molecule has 0 atom stereocenters. The molecular weight excluding hydrogens is 830 g/mol. The Morgan fingerprint density at radius 3 is 0.825 bits per heavy atom. The van der Waals surface area contributed by atoms with Crippen LogP contribution in [0.15, 0.2) is 12.4 Å². The first-order chi connectivity index (χ1) is 25.6. The molecule has 1 heterocycles. The number of rotatable bonds is 6. The molecule has 20 heteroatoms. The average Bonchev–Trinajstić information content (AvgIpc) is 3.45. The molecule has 3 aromatic carbocycles. The van der Waals surface area contributed by atoms with Crippen LogP contribution in [-0.4, -0.2) is 31.1 Å². The first kappa shape index (κ1) is 46.4. The molecule has 57 heavy (non-hydrogen) atoms. The summed E-state index contributed by atoms with van der Waals surface area (Å²) in [6, 6.07) is 0. The largest absolute Gasteiger partial charge is 0.250 e. The first-order valence-electron chi connectivity index (χ1n) is 17.1. The van der Waals surface area contributed by atoms with Gasteiger partial charge in [-0.2, -0.15) is 0 Å². The van der Waals surface area contributed by atoms with E-state index in [1.165, 1.54) is 0 Å². The third-order valence-corrected chi connectivity index (χ3v) is 15.8. The first-order valence-corrected chi connectivity index (χ1v) is 19.7. The molecule has 0 saturated carbocycles. The van der Waals surface area contributed by atoms with Crippen LogP contribution in [0, 0.1) is 87.3 Å². The summed E-state index contributed by atoms with van der Waals surface area (Å²) in [4.78, 5) is 0. The van der Waals surface area contributed by atoms with Crippen LogP contribution in [0.5, 0.6) is 0 Å². The molecule has 0 aliphatic rings. The molecule has 0 unspecified atom stereocenters. The molecule has 0 fully saturated rings. The monoisotopic (exact) mass is 868 g/mol. The van der Waals surface area contributed by atoms with Crippen LogP contribution in [0.1, 0.15) is 83.1 Å². The Morgan fingerprint density at radius 2 is 0.614 bits per heavy atom. The Bertz CT molecular complexity index is 1950. The summed E-state index contributed by atoms with van der Waals surface area (Å²) < 4.78 is 241. The zero-order chi connectivity index (χ0) is 44.2. The van der Waals surface area contributed by atoms with E-state index < -0.39 is 152 Å². The van der Waals surface area contributed by atoms with Crippen LogP contribution < -0.4 is 26.4 Å². The molecule has 2 nitrogen and oxygen atoms in total. The van der Waals surface area contributed by atoms with Crippen LogP contribution in [0.4, 0.5) is 65.9 Å². The van der Waals surface area contributed by atoms with E-state index >= 15 is 52.7 Å². The minimum Gasteiger partial charge on any atom is -0.250 e. The van der Waals surface area contributed by atoms with E-state index in [4.69, 9.17) is 0 Å². The Hall–Kier alpha value is -3.26. The molecule has 0 amide bonds. The third-order valence-electron chi connectivity index (χ3n) is 9.21.